The molecule has 0 saturated heterocycles. The van der Waals surface area contributed by atoms with Crippen molar-refractivity contribution >= 4 is 22.4 Å². The van der Waals surface area contributed by atoms with Gasteiger partial charge >= 0.3 is 0 Å². The molecule has 0 saturated carbocycles. The van der Waals surface area contributed by atoms with Crippen LogP contribution in [0.5, 0.6) is 0 Å². The molecule has 0 spiro atoms. The van der Waals surface area contributed by atoms with E-state index in [1.54, 1.807) is 0 Å². The summed E-state index contributed by atoms with van der Waals surface area (Å²) in [6.07, 6.45) is 0. The summed E-state index contributed by atoms with van der Waals surface area (Å²) in [6, 6.07) is 3.74. The van der Waals surface area contributed by atoms with Crippen LogP contribution in [0, 0.1) is 0 Å². The van der Waals surface area contributed by atoms with Crippen LogP contribution in [-0.2, 0) is 0 Å². The summed E-state index contributed by atoms with van der Waals surface area (Å²) in [5.41, 5.74) is 8.65. The lowest BCUT2D eigenvalue weighted by Crippen LogP contribution is -2.16. The van der Waals surface area contributed by atoms with Crippen molar-refractivity contribution in [3.63, 3.8) is 0 Å². The van der Waals surface area contributed by atoms with Crippen molar-refractivity contribution in [2.45, 2.75) is 6.92 Å². The average molecular weight is 192 g/mol. The number of hydrogen-bond donors (Lipinski definition) is 1. The molecule has 1 aromatic carbocycles. The molecular formula is C9H12N4O. The van der Waals surface area contributed by atoms with Crippen molar-refractivity contribution in [1.29, 1.82) is 0 Å². The number of nitrogens with zero attached hydrogens (tertiary/aromatic N) is 3. The second kappa shape index (κ2) is 3.17. The highest BCUT2D eigenvalue weighted by Gasteiger charge is 2.11. The highest BCUT2D eigenvalue weighted by molar-refractivity contribution is 5.95. The lowest BCUT2D eigenvalue weighted by atomic mass is 10.2. The molecule has 1 heterocycles. The van der Waals surface area contributed by atoms with E-state index in [9.17, 15) is 0 Å². The van der Waals surface area contributed by atoms with Crippen LogP contribution >= 0.6 is 0 Å². The highest BCUT2D eigenvalue weighted by Crippen LogP contribution is 2.27. The van der Waals surface area contributed by atoms with E-state index >= 15 is 0 Å². The minimum Gasteiger partial charge on any atom is -0.397 e. The summed E-state index contributed by atoms with van der Waals surface area (Å²) in [4.78, 5) is 2.06. The van der Waals surface area contributed by atoms with Crippen molar-refractivity contribution < 1.29 is 4.63 Å². The highest BCUT2D eigenvalue weighted by atomic mass is 16.6. The molecule has 5 heteroatoms. The minimum atomic E-state index is 0.592. The maximum atomic E-state index is 5.73. The van der Waals surface area contributed by atoms with Gasteiger partial charge in [0, 0.05) is 13.6 Å². The van der Waals surface area contributed by atoms with Crippen LogP contribution in [0.3, 0.4) is 0 Å². The van der Waals surface area contributed by atoms with E-state index in [1.165, 1.54) is 0 Å². The van der Waals surface area contributed by atoms with Crippen molar-refractivity contribution in [3.8, 4) is 0 Å². The fourth-order valence-corrected chi connectivity index (χ4v) is 1.35. The van der Waals surface area contributed by atoms with Crippen LogP contribution in [0.15, 0.2) is 16.8 Å². The van der Waals surface area contributed by atoms with Crippen molar-refractivity contribution in [3.05, 3.63) is 12.1 Å². The van der Waals surface area contributed by atoms with Gasteiger partial charge in [-0.2, -0.15) is 0 Å². The lowest BCUT2D eigenvalue weighted by Gasteiger charge is -2.16. The van der Waals surface area contributed by atoms with Crippen LogP contribution in [0.1, 0.15) is 6.92 Å². The molecule has 14 heavy (non-hydrogen) atoms. The molecule has 5 nitrogen and oxygen atoms in total. The van der Waals surface area contributed by atoms with Gasteiger partial charge in [0.25, 0.3) is 0 Å². The molecule has 2 rings (SSSR count). The summed E-state index contributed by atoms with van der Waals surface area (Å²) < 4.78 is 4.67. The van der Waals surface area contributed by atoms with Crippen molar-refractivity contribution in [1.82, 2.24) is 10.3 Å². The number of fused-ring (bicyclic) bond motifs is 1. The third-order valence-corrected chi connectivity index (χ3v) is 2.31. The number of aromatic nitrogens is 2. The third kappa shape index (κ3) is 1.17. The van der Waals surface area contributed by atoms with Gasteiger partial charge in [-0.15, -0.1) is 0 Å². The summed E-state index contributed by atoms with van der Waals surface area (Å²) in [5.74, 6) is 0. The first kappa shape index (κ1) is 8.80. The fraction of sp³-hybridized carbons (Fsp3) is 0.333. The first-order valence-corrected chi connectivity index (χ1v) is 4.46. The minimum absolute atomic E-state index is 0.592. The van der Waals surface area contributed by atoms with E-state index < -0.39 is 0 Å². The largest absolute Gasteiger partial charge is 0.397 e. The Kier molecular flexibility index (Phi) is 1.99. The zero-order chi connectivity index (χ0) is 10.1. The lowest BCUT2D eigenvalue weighted by molar-refractivity contribution is 0.315. The average Bonchev–Trinajstić information content (AvgIpc) is 2.67. The predicted octanol–water partition coefficient (Wildman–Crippen LogP) is 1.26. The molecule has 1 aromatic heterocycles. The quantitative estimate of drug-likeness (QED) is 0.725. The monoisotopic (exact) mass is 192 g/mol. The SMILES string of the molecule is CCN(C)c1ccc(N)c2nonc12. The predicted molar refractivity (Wildman–Crippen MR) is 55.2 cm³/mol. The van der Waals surface area contributed by atoms with Crippen molar-refractivity contribution in [2.75, 3.05) is 24.2 Å². The van der Waals surface area contributed by atoms with Crippen LogP contribution < -0.4 is 10.6 Å². The van der Waals surface area contributed by atoms with Gasteiger partial charge < -0.3 is 10.6 Å². The van der Waals surface area contributed by atoms with Gasteiger partial charge in [0.15, 0.2) is 11.0 Å². The first-order chi connectivity index (χ1) is 6.74. The van der Waals surface area contributed by atoms with E-state index in [0.717, 1.165) is 12.2 Å². The molecule has 0 aliphatic carbocycles. The molecule has 0 unspecified atom stereocenters. The van der Waals surface area contributed by atoms with Gasteiger partial charge in [0.2, 0.25) is 0 Å². The number of nitrogens with two attached hydrogens (primary N) is 1. The molecule has 0 aliphatic heterocycles. The molecule has 2 aromatic rings. The van der Waals surface area contributed by atoms with Crippen LogP contribution in [0.4, 0.5) is 11.4 Å². The fourth-order valence-electron chi connectivity index (χ4n) is 1.35. The molecule has 0 bridgehead atoms. The Balaban J connectivity index is 2.66. The van der Waals surface area contributed by atoms with E-state index in [4.69, 9.17) is 5.73 Å². The second-order valence-corrected chi connectivity index (χ2v) is 3.15. The molecule has 0 aliphatic rings. The third-order valence-electron chi connectivity index (χ3n) is 2.31. The Labute approximate surface area is 81.4 Å². The Morgan fingerprint density at radius 3 is 2.79 bits per heavy atom. The summed E-state index contributed by atoms with van der Waals surface area (Å²) in [5, 5.41) is 7.60. The number of benzene rings is 1. The number of rotatable bonds is 2. The van der Waals surface area contributed by atoms with E-state index in [-0.39, 0.29) is 0 Å². The van der Waals surface area contributed by atoms with E-state index in [1.807, 2.05) is 19.2 Å². The topological polar surface area (TPSA) is 68.2 Å². The Morgan fingerprint density at radius 2 is 2.07 bits per heavy atom. The molecule has 2 N–H and O–H groups in total. The Morgan fingerprint density at radius 1 is 1.36 bits per heavy atom. The molecule has 0 amide bonds. The maximum Gasteiger partial charge on any atom is 0.160 e. The van der Waals surface area contributed by atoms with Crippen LogP contribution in [0.25, 0.3) is 11.0 Å². The first-order valence-electron chi connectivity index (χ1n) is 4.46. The second-order valence-electron chi connectivity index (χ2n) is 3.15. The Bertz CT molecular complexity index is 451. The van der Waals surface area contributed by atoms with Crippen LogP contribution in [-0.4, -0.2) is 23.9 Å². The molecule has 74 valence electrons. The van der Waals surface area contributed by atoms with Crippen molar-refractivity contribution in [2.24, 2.45) is 0 Å². The molecule has 0 atom stereocenters. The molecular weight excluding hydrogens is 180 g/mol. The van der Waals surface area contributed by atoms with Crippen LogP contribution in [0.2, 0.25) is 0 Å². The molecule has 0 radical (unpaired) electrons. The van der Waals surface area contributed by atoms with E-state index in [0.29, 0.717) is 16.7 Å². The number of anilines is 2. The zero-order valence-electron chi connectivity index (χ0n) is 8.19. The van der Waals surface area contributed by atoms with Gasteiger partial charge in [0.05, 0.1) is 11.4 Å². The van der Waals surface area contributed by atoms with Gasteiger partial charge in [0.1, 0.15) is 0 Å². The Hall–Kier alpha value is -1.78. The standard InChI is InChI=1S/C9H12N4O/c1-3-13(2)7-5-4-6(10)8-9(7)12-14-11-8/h4-5H,3,10H2,1-2H3. The molecule has 0 fully saturated rings. The number of hydrogen-bond acceptors (Lipinski definition) is 5. The normalized spacial score (nSPS) is 10.7. The van der Waals surface area contributed by atoms with E-state index in [2.05, 4.69) is 26.8 Å². The van der Waals surface area contributed by atoms with Gasteiger partial charge in [-0.05, 0) is 29.4 Å². The number of nitrogen functional groups attached to an aromatic ring is 1. The van der Waals surface area contributed by atoms with Gasteiger partial charge in [-0.25, -0.2) is 4.63 Å². The van der Waals surface area contributed by atoms with Gasteiger partial charge in [-0.1, -0.05) is 0 Å². The summed E-state index contributed by atoms with van der Waals surface area (Å²) in [7, 11) is 1.99. The van der Waals surface area contributed by atoms with Gasteiger partial charge in [-0.3, -0.25) is 0 Å². The zero-order valence-corrected chi connectivity index (χ0v) is 8.19. The maximum absolute atomic E-state index is 5.73. The summed E-state index contributed by atoms with van der Waals surface area (Å²) in [6.45, 7) is 2.96. The summed E-state index contributed by atoms with van der Waals surface area (Å²) >= 11 is 0. The smallest absolute Gasteiger partial charge is 0.160 e.